The van der Waals surface area contributed by atoms with Gasteiger partial charge in [-0.15, -0.1) is 11.3 Å². The highest BCUT2D eigenvalue weighted by molar-refractivity contribution is 7.89. The molecule has 0 saturated carbocycles. The van der Waals surface area contributed by atoms with Crippen molar-refractivity contribution in [1.82, 2.24) is 4.72 Å². The summed E-state index contributed by atoms with van der Waals surface area (Å²) in [5.74, 6) is 0. The zero-order valence-corrected chi connectivity index (χ0v) is 11.2. The molecule has 0 aliphatic carbocycles. The van der Waals surface area contributed by atoms with Crippen LogP contribution in [0.2, 0.25) is 0 Å². The molecule has 1 aromatic rings. The van der Waals surface area contributed by atoms with E-state index in [9.17, 15) is 8.42 Å². The van der Waals surface area contributed by atoms with Crippen LogP contribution in [0, 0.1) is 0 Å². The fourth-order valence-corrected chi connectivity index (χ4v) is 3.91. The maximum atomic E-state index is 11.9. The largest absolute Gasteiger partial charge is 0.326 e. The Balaban J connectivity index is 2.85. The van der Waals surface area contributed by atoms with Gasteiger partial charge < -0.3 is 5.73 Å². The summed E-state index contributed by atoms with van der Waals surface area (Å²) in [4.78, 5) is 1.20. The summed E-state index contributed by atoms with van der Waals surface area (Å²) in [5, 5.41) is 1.63. The van der Waals surface area contributed by atoms with E-state index in [1.165, 1.54) is 11.3 Å². The fraction of sp³-hybridized carbons (Fsp3) is 0.600. The van der Waals surface area contributed by atoms with E-state index in [0.717, 1.165) is 17.7 Å². The van der Waals surface area contributed by atoms with Crippen molar-refractivity contribution in [2.45, 2.75) is 44.2 Å². The minimum Gasteiger partial charge on any atom is -0.326 e. The molecule has 1 aromatic heterocycles. The summed E-state index contributed by atoms with van der Waals surface area (Å²) in [5.41, 5.74) is 5.46. The zero-order chi connectivity index (χ0) is 12.2. The van der Waals surface area contributed by atoms with E-state index in [2.05, 4.69) is 4.72 Å². The van der Waals surface area contributed by atoms with Crippen molar-refractivity contribution in [2.24, 2.45) is 5.73 Å². The summed E-state index contributed by atoms with van der Waals surface area (Å²) in [6.07, 6.45) is 1.59. The van der Waals surface area contributed by atoms with Crippen molar-refractivity contribution in [1.29, 1.82) is 0 Å². The molecule has 92 valence electrons. The molecule has 0 bridgehead atoms. The molecule has 0 radical (unpaired) electrons. The first-order valence-corrected chi connectivity index (χ1v) is 7.69. The normalized spacial score (nSPS) is 12.2. The maximum Gasteiger partial charge on any atom is 0.241 e. The summed E-state index contributed by atoms with van der Waals surface area (Å²) in [6.45, 7) is 4.32. The van der Waals surface area contributed by atoms with Crippen molar-refractivity contribution < 1.29 is 8.42 Å². The second-order valence-electron chi connectivity index (χ2n) is 3.59. The van der Waals surface area contributed by atoms with Crippen LogP contribution >= 0.6 is 11.3 Å². The molecule has 0 aliphatic heterocycles. The number of hydrogen-bond donors (Lipinski definition) is 2. The monoisotopic (exact) mass is 262 g/mol. The summed E-state index contributed by atoms with van der Waals surface area (Å²) in [6, 6.07) is 1.64. The van der Waals surface area contributed by atoms with Crippen LogP contribution in [0.25, 0.3) is 0 Å². The van der Waals surface area contributed by atoms with Crippen molar-refractivity contribution >= 4 is 21.4 Å². The van der Waals surface area contributed by atoms with Gasteiger partial charge in [-0.05, 0) is 18.9 Å². The average Bonchev–Trinajstić information content (AvgIpc) is 2.75. The van der Waals surface area contributed by atoms with Crippen molar-refractivity contribution in [2.75, 3.05) is 0 Å². The molecule has 0 aliphatic rings. The van der Waals surface area contributed by atoms with Gasteiger partial charge in [0.05, 0.1) is 4.90 Å². The minimum atomic E-state index is -3.37. The predicted octanol–water partition coefficient (Wildman–Crippen LogP) is 1.67. The lowest BCUT2D eigenvalue weighted by Gasteiger charge is -2.13. The van der Waals surface area contributed by atoms with Gasteiger partial charge in [0.1, 0.15) is 0 Å². The molecule has 1 heterocycles. The Labute approximate surface area is 101 Å². The summed E-state index contributed by atoms with van der Waals surface area (Å²) >= 11 is 1.37. The number of nitrogens with one attached hydrogen (secondary N) is 1. The lowest BCUT2D eigenvalue weighted by atomic mass is 10.2. The highest BCUT2D eigenvalue weighted by atomic mass is 32.2. The van der Waals surface area contributed by atoms with Crippen LogP contribution in [0.3, 0.4) is 0 Å². The first-order valence-electron chi connectivity index (χ1n) is 5.33. The van der Waals surface area contributed by atoms with Crippen LogP contribution in [0.1, 0.15) is 31.6 Å². The van der Waals surface area contributed by atoms with Crippen LogP contribution in [-0.4, -0.2) is 14.5 Å². The molecule has 0 spiro atoms. The first kappa shape index (κ1) is 13.6. The molecule has 0 aromatic carbocycles. The third-order valence-corrected chi connectivity index (χ3v) is 5.06. The molecule has 6 heteroatoms. The van der Waals surface area contributed by atoms with Crippen LogP contribution in [0.5, 0.6) is 0 Å². The highest BCUT2D eigenvalue weighted by Crippen LogP contribution is 2.19. The van der Waals surface area contributed by atoms with Gasteiger partial charge in [0.2, 0.25) is 10.0 Å². The maximum absolute atomic E-state index is 11.9. The molecule has 16 heavy (non-hydrogen) atoms. The highest BCUT2D eigenvalue weighted by Gasteiger charge is 2.19. The van der Waals surface area contributed by atoms with Crippen LogP contribution < -0.4 is 10.5 Å². The molecule has 0 unspecified atom stereocenters. The number of hydrogen-bond acceptors (Lipinski definition) is 4. The van der Waals surface area contributed by atoms with Gasteiger partial charge in [0.25, 0.3) is 0 Å². The standard InChI is InChI=1S/C10H18N2O2S2/c1-3-8(4-2)12-16(13,14)10-5-9(6-11)15-7-10/h5,7-8,12H,3-4,6,11H2,1-2H3. The SMILES string of the molecule is CCC(CC)NS(=O)(=O)c1csc(CN)c1. The second-order valence-corrected chi connectivity index (χ2v) is 6.30. The number of nitrogens with two attached hydrogens (primary N) is 1. The first-order chi connectivity index (χ1) is 7.53. The molecular weight excluding hydrogens is 244 g/mol. The quantitative estimate of drug-likeness (QED) is 0.819. The minimum absolute atomic E-state index is 0.00577. The van der Waals surface area contributed by atoms with E-state index in [4.69, 9.17) is 5.73 Å². The molecule has 0 fully saturated rings. The number of sulfonamides is 1. The Morgan fingerprint density at radius 2 is 2.06 bits per heavy atom. The van der Waals surface area contributed by atoms with Gasteiger partial charge in [-0.25, -0.2) is 13.1 Å². The lowest BCUT2D eigenvalue weighted by Crippen LogP contribution is -2.33. The summed E-state index contributed by atoms with van der Waals surface area (Å²) in [7, 11) is -3.37. The van der Waals surface area contributed by atoms with Gasteiger partial charge >= 0.3 is 0 Å². The Bertz CT molecular complexity index is 422. The molecule has 0 amide bonds. The third kappa shape index (κ3) is 3.28. The average molecular weight is 262 g/mol. The third-order valence-electron chi connectivity index (χ3n) is 2.45. The van der Waals surface area contributed by atoms with Gasteiger partial charge in [-0.3, -0.25) is 0 Å². The fourth-order valence-electron chi connectivity index (χ4n) is 1.35. The van der Waals surface area contributed by atoms with E-state index in [1.54, 1.807) is 11.4 Å². The van der Waals surface area contributed by atoms with Gasteiger partial charge in [0.15, 0.2) is 0 Å². The summed E-state index contributed by atoms with van der Waals surface area (Å²) < 4.78 is 26.6. The Morgan fingerprint density at radius 3 is 2.50 bits per heavy atom. The molecule has 3 N–H and O–H groups in total. The second kappa shape index (κ2) is 5.77. The Kier molecular flexibility index (Phi) is 4.91. The van der Waals surface area contributed by atoms with E-state index in [-0.39, 0.29) is 6.04 Å². The molecule has 0 atom stereocenters. The number of thiophene rings is 1. The van der Waals surface area contributed by atoms with E-state index < -0.39 is 10.0 Å². The van der Waals surface area contributed by atoms with Gasteiger partial charge in [-0.2, -0.15) is 0 Å². The Morgan fingerprint density at radius 1 is 1.44 bits per heavy atom. The topological polar surface area (TPSA) is 72.2 Å². The molecular formula is C10H18N2O2S2. The van der Waals surface area contributed by atoms with Crippen molar-refractivity contribution in [3.05, 3.63) is 16.3 Å². The molecule has 4 nitrogen and oxygen atoms in total. The van der Waals surface area contributed by atoms with Crippen LogP contribution in [0.15, 0.2) is 16.3 Å². The van der Waals surface area contributed by atoms with Crippen LogP contribution in [0.4, 0.5) is 0 Å². The lowest BCUT2D eigenvalue weighted by molar-refractivity contribution is 0.530. The number of rotatable bonds is 6. The molecule has 0 saturated heterocycles. The van der Waals surface area contributed by atoms with Gasteiger partial charge in [0, 0.05) is 22.8 Å². The van der Waals surface area contributed by atoms with Crippen molar-refractivity contribution in [3.8, 4) is 0 Å². The van der Waals surface area contributed by atoms with Crippen molar-refractivity contribution in [3.63, 3.8) is 0 Å². The molecule has 1 rings (SSSR count). The van der Waals surface area contributed by atoms with Gasteiger partial charge in [-0.1, -0.05) is 13.8 Å². The Hall–Kier alpha value is -0.430. The van der Waals surface area contributed by atoms with E-state index >= 15 is 0 Å². The van der Waals surface area contributed by atoms with E-state index in [0.29, 0.717) is 11.4 Å². The van der Waals surface area contributed by atoms with E-state index in [1.807, 2.05) is 13.8 Å². The zero-order valence-electron chi connectivity index (χ0n) is 9.56. The van der Waals surface area contributed by atoms with Crippen LogP contribution in [-0.2, 0) is 16.6 Å². The smallest absolute Gasteiger partial charge is 0.241 e. The predicted molar refractivity (Wildman–Crippen MR) is 66.9 cm³/mol.